The lowest BCUT2D eigenvalue weighted by Gasteiger charge is -2.36. The summed E-state index contributed by atoms with van der Waals surface area (Å²) in [6.45, 7) is 5.02. The normalized spacial score (nSPS) is 20.4. The number of carbonyl (C=O) groups excluding carboxylic acids is 4. The quantitative estimate of drug-likeness (QED) is 0.430. The maximum Gasteiger partial charge on any atom is 0.344 e. The summed E-state index contributed by atoms with van der Waals surface area (Å²) >= 11 is 0. The van der Waals surface area contributed by atoms with Crippen molar-refractivity contribution in [2.24, 2.45) is 0 Å². The van der Waals surface area contributed by atoms with Crippen molar-refractivity contribution in [3.63, 3.8) is 0 Å². The van der Waals surface area contributed by atoms with E-state index in [1.54, 1.807) is 19.1 Å². The molecule has 10 heteroatoms. The molecule has 4 rings (SSSR count). The second-order valence-electron chi connectivity index (χ2n) is 9.41. The molecule has 2 aliphatic rings. The summed E-state index contributed by atoms with van der Waals surface area (Å²) in [5.41, 5.74) is 3.12. The zero-order valence-electron chi connectivity index (χ0n) is 20.4. The molecule has 190 valence electrons. The van der Waals surface area contributed by atoms with Crippen LogP contribution >= 0.6 is 0 Å². The minimum atomic E-state index is -1.10. The van der Waals surface area contributed by atoms with E-state index in [1.165, 1.54) is 13.0 Å². The van der Waals surface area contributed by atoms with Crippen molar-refractivity contribution < 1.29 is 23.6 Å². The van der Waals surface area contributed by atoms with Gasteiger partial charge in [-0.15, -0.1) is 0 Å². The largest absolute Gasteiger partial charge is 0.367 e. The van der Waals surface area contributed by atoms with Crippen LogP contribution in [0.25, 0.3) is 0 Å². The van der Waals surface area contributed by atoms with Gasteiger partial charge in [-0.05, 0) is 50.5 Å². The van der Waals surface area contributed by atoms with Crippen LogP contribution in [0.4, 0.5) is 14.9 Å². The van der Waals surface area contributed by atoms with E-state index in [2.05, 4.69) is 10.7 Å². The Balaban J connectivity index is 1.27. The van der Waals surface area contributed by atoms with Crippen molar-refractivity contribution in [3.8, 4) is 0 Å². The van der Waals surface area contributed by atoms with E-state index in [0.29, 0.717) is 50.3 Å². The van der Waals surface area contributed by atoms with Gasteiger partial charge in [-0.1, -0.05) is 30.3 Å². The average Bonchev–Trinajstić information content (AvgIpc) is 3.07. The Hall–Kier alpha value is -3.79. The van der Waals surface area contributed by atoms with Gasteiger partial charge in [0.2, 0.25) is 0 Å². The van der Waals surface area contributed by atoms with Crippen LogP contribution < -0.4 is 15.6 Å². The van der Waals surface area contributed by atoms with E-state index < -0.39 is 29.2 Å². The molecular weight excluding hydrogens is 465 g/mol. The number of ketones is 1. The highest BCUT2D eigenvalue weighted by atomic mass is 19.1. The topological polar surface area (TPSA) is 102 Å². The molecule has 2 saturated heterocycles. The molecule has 2 heterocycles. The van der Waals surface area contributed by atoms with Gasteiger partial charge in [-0.2, -0.15) is 5.01 Å². The number of aryl methyl sites for hydroxylation is 1. The molecule has 0 spiro atoms. The lowest BCUT2D eigenvalue weighted by molar-refractivity contribution is -0.139. The SMILES string of the molecule is CC(=O)c1ccc(N2CCN(CC(=O)NN3C(=O)N[C@@](C)(CCc4ccccc4)C3=O)CC2)c(F)c1. The molecule has 1 atom stereocenters. The maximum absolute atomic E-state index is 14.5. The molecule has 0 unspecified atom stereocenters. The van der Waals surface area contributed by atoms with Gasteiger partial charge in [0, 0.05) is 31.7 Å². The number of carbonyl (C=O) groups is 4. The second kappa shape index (κ2) is 10.4. The van der Waals surface area contributed by atoms with Crippen LogP contribution in [0.3, 0.4) is 0 Å². The molecule has 0 bridgehead atoms. The van der Waals surface area contributed by atoms with Gasteiger partial charge in [0.25, 0.3) is 11.8 Å². The summed E-state index contributed by atoms with van der Waals surface area (Å²) in [6, 6.07) is 13.4. The average molecular weight is 496 g/mol. The fourth-order valence-corrected chi connectivity index (χ4v) is 4.49. The summed E-state index contributed by atoms with van der Waals surface area (Å²) in [5, 5.41) is 3.45. The van der Waals surface area contributed by atoms with Gasteiger partial charge in [0.15, 0.2) is 5.78 Å². The van der Waals surface area contributed by atoms with Crippen LogP contribution in [0.5, 0.6) is 0 Å². The highest BCUT2D eigenvalue weighted by Crippen LogP contribution is 2.23. The summed E-state index contributed by atoms with van der Waals surface area (Å²) in [6.07, 6.45) is 1.01. The number of amides is 4. The first-order chi connectivity index (χ1) is 17.2. The lowest BCUT2D eigenvalue weighted by atomic mass is 9.93. The van der Waals surface area contributed by atoms with Gasteiger partial charge in [-0.3, -0.25) is 24.7 Å². The highest BCUT2D eigenvalue weighted by molar-refractivity contribution is 6.07. The maximum atomic E-state index is 14.5. The van der Waals surface area contributed by atoms with E-state index in [9.17, 15) is 23.6 Å². The Kier molecular flexibility index (Phi) is 7.35. The lowest BCUT2D eigenvalue weighted by Crippen LogP contribution is -2.54. The van der Waals surface area contributed by atoms with Crippen LogP contribution in [-0.2, 0) is 16.0 Å². The predicted octanol–water partition coefficient (Wildman–Crippen LogP) is 2.12. The molecule has 0 aliphatic carbocycles. The number of benzene rings is 2. The van der Waals surface area contributed by atoms with Crippen LogP contribution in [-0.4, -0.2) is 71.8 Å². The standard InChI is InChI=1S/C26H30FN5O4/c1-18(33)20-8-9-22(21(27)16-20)31-14-12-30(13-15-31)17-23(34)29-32-24(35)26(2,28-25(32)36)11-10-19-6-4-3-5-7-19/h3-9,16H,10-15,17H2,1-2H3,(H,28,36)(H,29,34)/t26-/m0/s1. The number of rotatable bonds is 8. The molecule has 0 aromatic heterocycles. The highest BCUT2D eigenvalue weighted by Gasteiger charge is 2.48. The Morgan fingerprint density at radius 1 is 1.06 bits per heavy atom. The van der Waals surface area contributed by atoms with Crippen molar-refractivity contribution >= 4 is 29.3 Å². The van der Waals surface area contributed by atoms with Gasteiger partial charge < -0.3 is 10.2 Å². The number of anilines is 1. The smallest absolute Gasteiger partial charge is 0.344 e. The monoisotopic (exact) mass is 495 g/mol. The van der Waals surface area contributed by atoms with E-state index in [4.69, 9.17) is 0 Å². The Morgan fingerprint density at radius 2 is 1.75 bits per heavy atom. The van der Waals surface area contributed by atoms with Gasteiger partial charge in [0.1, 0.15) is 11.4 Å². The first-order valence-electron chi connectivity index (χ1n) is 11.9. The summed E-state index contributed by atoms with van der Waals surface area (Å²) in [4.78, 5) is 53.2. The number of nitrogens with zero attached hydrogens (tertiary/aromatic N) is 3. The van der Waals surface area contributed by atoms with Crippen LogP contribution in [0.2, 0.25) is 0 Å². The molecule has 2 fully saturated rings. The number of hydrogen-bond donors (Lipinski definition) is 2. The fourth-order valence-electron chi connectivity index (χ4n) is 4.49. The van der Waals surface area contributed by atoms with Crippen molar-refractivity contribution in [3.05, 3.63) is 65.5 Å². The summed E-state index contributed by atoms with van der Waals surface area (Å²) in [7, 11) is 0. The summed E-state index contributed by atoms with van der Waals surface area (Å²) < 4.78 is 14.5. The molecule has 2 aliphatic heterocycles. The fraction of sp³-hybridized carbons (Fsp3) is 0.385. The first-order valence-corrected chi connectivity index (χ1v) is 11.9. The number of Topliss-reactive ketones (excluding diaryl/α,β-unsaturated/α-hetero) is 1. The Bertz CT molecular complexity index is 1170. The Morgan fingerprint density at radius 3 is 2.39 bits per heavy atom. The van der Waals surface area contributed by atoms with Crippen molar-refractivity contribution in [1.82, 2.24) is 20.7 Å². The molecule has 36 heavy (non-hydrogen) atoms. The minimum Gasteiger partial charge on any atom is -0.367 e. The third-order valence-electron chi connectivity index (χ3n) is 6.69. The molecule has 2 aromatic carbocycles. The van der Waals surface area contributed by atoms with Crippen LogP contribution in [0.15, 0.2) is 48.5 Å². The summed E-state index contributed by atoms with van der Waals surface area (Å²) in [5.74, 6) is -1.62. The minimum absolute atomic E-state index is 0.00259. The molecule has 4 amide bonds. The van der Waals surface area contributed by atoms with Gasteiger partial charge in [-0.25, -0.2) is 9.18 Å². The van der Waals surface area contributed by atoms with E-state index in [-0.39, 0.29) is 12.3 Å². The number of hydrogen-bond acceptors (Lipinski definition) is 6. The third-order valence-corrected chi connectivity index (χ3v) is 6.69. The number of halogens is 1. The van der Waals surface area contributed by atoms with Crippen molar-refractivity contribution in [2.45, 2.75) is 32.2 Å². The van der Waals surface area contributed by atoms with Gasteiger partial charge >= 0.3 is 6.03 Å². The first kappa shape index (κ1) is 25.3. The second-order valence-corrected chi connectivity index (χ2v) is 9.41. The van der Waals surface area contributed by atoms with Crippen LogP contribution in [0, 0.1) is 5.82 Å². The molecule has 0 radical (unpaired) electrons. The molecule has 2 aromatic rings. The van der Waals surface area contributed by atoms with Gasteiger partial charge in [0.05, 0.1) is 12.2 Å². The van der Waals surface area contributed by atoms with Crippen LogP contribution in [0.1, 0.15) is 36.2 Å². The third kappa shape index (κ3) is 5.54. The number of nitrogens with one attached hydrogen (secondary N) is 2. The number of piperazine rings is 1. The molecule has 2 N–H and O–H groups in total. The van der Waals surface area contributed by atoms with E-state index >= 15 is 0 Å². The van der Waals surface area contributed by atoms with Crippen molar-refractivity contribution in [2.75, 3.05) is 37.6 Å². The zero-order chi connectivity index (χ0) is 25.9. The zero-order valence-corrected chi connectivity index (χ0v) is 20.4. The molecular formula is C26H30FN5O4. The van der Waals surface area contributed by atoms with E-state index in [0.717, 1.165) is 10.6 Å². The molecule has 0 saturated carbocycles. The molecule has 9 nitrogen and oxygen atoms in total. The van der Waals surface area contributed by atoms with E-state index in [1.807, 2.05) is 40.1 Å². The van der Waals surface area contributed by atoms with Crippen molar-refractivity contribution in [1.29, 1.82) is 0 Å². The number of urea groups is 1. The number of imide groups is 1. The predicted molar refractivity (Wildman–Crippen MR) is 132 cm³/mol. The Labute approximate surface area is 209 Å². The number of hydrazine groups is 1.